The van der Waals surface area contributed by atoms with Crippen LogP contribution in [-0.2, 0) is 0 Å². The van der Waals surface area contributed by atoms with Gasteiger partial charge in [-0.2, -0.15) is 0 Å². The van der Waals surface area contributed by atoms with E-state index in [1.165, 1.54) is 15.6 Å². The van der Waals surface area contributed by atoms with Crippen molar-refractivity contribution in [2.45, 2.75) is 6.42 Å². The molecule has 1 heterocycles. The van der Waals surface area contributed by atoms with Crippen LogP contribution in [0.25, 0.3) is 5.57 Å². The van der Waals surface area contributed by atoms with E-state index >= 15 is 0 Å². The van der Waals surface area contributed by atoms with Crippen LogP contribution < -0.4 is 5.73 Å². The fraction of sp³-hybridized carbons (Fsp3) is 0.385. The van der Waals surface area contributed by atoms with Crippen molar-refractivity contribution in [3.8, 4) is 0 Å². The predicted octanol–water partition coefficient (Wildman–Crippen LogP) is 2.50. The molecule has 0 unspecified atom stereocenters. The maximum Gasteiger partial charge on any atom is 0.0250 e. The van der Waals surface area contributed by atoms with Gasteiger partial charge in [-0.1, -0.05) is 40.2 Å². The summed E-state index contributed by atoms with van der Waals surface area (Å²) in [6.07, 6.45) is 3.43. The second-order valence-electron chi connectivity index (χ2n) is 4.05. The number of hydrogen-bond acceptors (Lipinski definition) is 2. The molecule has 0 spiro atoms. The van der Waals surface area contributed by atoms with E-state index < -0.39 is 0 Å². The molecule has 2 rings (SSSR count). The molecule has 1 aliphatic rings. The van der Waals surface area contributed by atoms with E-state index in [4.69, 9.17) is 5.73 Å². The van der Waals surface area contributed by atoms with Crippen molar-refractivity contribution >= 4 is 21.5 Å². The van der Waals surface area contributed by atoms with Crippen molar-refractivity contribution in [1.82, 2.24) is 4.90 Å². The Morgan fingerprint density at radius 3 is 2.75 bits per heavy atom. The zero-order valence-corrected chi connectivity index (χ0v) is 10.9. The third-order valence-corrected chi connectivity index (χ3v) is 3.65. The molecule has 0 aromatic heterocycles. The van der Waals surface area contributed by atoms with Crippen molar-refractivity contribution in [3.05, 3.63) is 40.4 Å². The van der Waals surface area contributed by atoms with Gasteiger partial charge < -0.3 is 5.73 Å². The lowest BCUT2D eigenvalue weighted by Crippen LogP contribution is -2.33. The van der Waals surface area contributed by atoms with E-state index in [2.05, 4.69) is 51.2 Å². The standard InChI is InChI=1S/C13H17BrN2/c14-13-4-2-1-3-12(13)11-5-8-16(9-6-11)10-7-15/h1-5H,6-10,15H2. The molecule has 0 saturated heterocycles. The van der Waals surface area contributed by atoms with Gasteiger partial charge in [0.2, 0.25) is 0 Å². The molecule has 2 N–H and O–H groups in total. The lowest BCUT2D eigenvalue weighted by atomic mass is 9.99. The van der Waals surface area contributed by atoms with Crippen LogP contribution in [-0.4, -0.2) is 31.1 Å². The molecule has 0 amide bonds. The number of hydrogen-bond donors (Lipinski definition) is 1. The number of benzene rings is 1. The van der Waals surface area contributed by atoms with Crippen molar-refractivity contribution in [1.29, 1.82) is 0 Å². The van der Waals surface area contributed by atoms with Gasteiger partial charge >= 0.3 is 0 Å². The van der Waals surface area contributed by atoms with Crippen LogP contribution in [0.5, 0.6) is 0 Å². The van der Waals surface area contributed by atoms with E-state index in [0.717, 1.165) is 32.6 Å². The molecular formula is C13H17BrN2. The SMILES string of the molecule is NCCN1CC=C(c2ccccc2Br)CC1. The normalized spacial score (nSPS) is 17.2. The highest BCUT2D eigenvalue weighted by Crippen LogP contribution is 2.28. The average Bonchev–Trinajstić information content (AvgIpc) is 2.31. The molecule has 0 fully saturated rings. The summed E-state index contributed by atoms with van der Waals surface area (Å²) < 4.78 is 1.19. The average molecular weight is 281 g/mol. The summed E-state index contributed by atoms with van der Waals surface area (Å²) in [7, 11) is 0. The highest BCUT2D eigenvalue weighted by Gasteiger charge is 2.13. The summed E-state index contributed by atoms with van der Waals surface area (Å²) in [4.78, 5) is 2.39. The van der Waals surface area contributed by atoms with E-state index in [-0.39, 0.29) is 0 Å². The van der Waals surface area contributed by atoms with Crippen molar-refractivity contribution in [2.24, 2.45) is 5.73 Å². The fourth-order valence-electron chi connectivity index (χ4n) is 2.06. The first kappa shape index (κ1) is 11.8. The van der Waals surface area contributed by atoms with Gasteiger partial charge in [0, 0.05) is 30.7 Å². The molecule has 0 aliphatic carbocycles. The zero-order chi connectivity index (χ0) is 11.4. The molecule has 2 nitrogen and oxygen atoms in total. The van der Waals surface area contributed by atoms with Gasteiger partial charge in [0.15, 0.2) is 0 Å². The van der Waals surface area contributed by atoms with Gasteiger partial charge in [-0.3, -0.25) is 4.90 Å². The molecule has 0 atom stereocenters. The first-order valence-electron chi connectivity index (χ1n) is 5.67. The highest BCUT2D eigenvalue weighted by atomic mass is 79.9. The van der Waals surface area contributed by atoms with Crippen LogP contribution in [0, 0.1) is 0 Å². The minimum atomic E-state index is 0.748. The summed E-state index contributed by atoms with van der Waals surface area (Å²) >= 11 is 3.60. The maximum atomic E-state index is 5.56. The second kappa shape index (κ2) is 5.62. The Labute approximate surface area is 105 Å². The minimum Gasteiger partial charge on any atom is -0.329 e. The Bertz CT molecular complexity index is 387. The first-order valence-corrected chi connectivity index (χ1v) is 6.47. The van der Waals surface area contributed by atoms with Crippen LogP contribution >= 0.6 is 15.9 Å². The van der Waals surface area contributed by atoms with Gasteiger partial charge in [0.25, 0.3) is 0 Å². The van der Waals surface area contributed by atoms with Gasteiger partial charge in [0.1, 0.15) is 0 Å². The predicted molar refractivity (Wildman–Crippen MR) is 72.2 cm³/mol. The second-order valence-corrected chi connectivity index (χ2v) is 4.90. The molecule has 16 heavy (non-hydrogen) atoms. The van der Waals surface area contributed by atoms with Gasteiger partial charge in [0.05, 0.1) is 0 Å². The number of rotatable bonds is 3. The van der Waals surface area contributed by atoms with Gasteiger partial charge in [-0.15, -0.1) is 0 Å². The monoisotopic (exact) mass is 280 g/mol. The van der Waals surface area contributed by atoms with Crippen LogP contribution in [0.1, 0.15) is 12.0 Å². The Morgan fingerprint density at radius 2 is 2.12 bits per heavy atom. The topological polar surface area (TPSA) is 29.3 Å². The highest BCUT2D eigenvalue weighted by molar-refractivity contribution is 9.10. The maximum absolute atomic E-state index is 5.56. The Hall–Kier alpha value is -0.640. The molecule has 0 bridgehead atoms. The Kier molecular flexibility index (Phi) is 4.16. The third kappa shape index (κ3) is 2.73. The van der Waals surface area contributed by atoms with E-state index in [1.54, 1.807) is 0 Å². The van der Waals surface area contributed by atoms with Crippen LogP contribution in [0.3, 0.4) is 0 Å². The molecule has 0 saturated carbocycles. The molecular weight excluding hydrogens is 264 g/mol. The van der Waals surface area contributed by atoms with Gasteiger partial charge in [-0.25, -0.2) is 0 Å². The molecule has 3 heteroatoms. The van der Waals surface area contributed by atoms with Crippen molar-refractivity contribution in [3.63, 3.8) is 0 Å². The molecule has 1 aliphatic heterocycles. The summed E-state index contributed by atoms with van der Waals surface area (Å²) in [6.45, 7) is 3.89. The van der Waals surface area contributed by atoms with Crippen LogP contribution in [0.15, 0.2) is 34.8 Å². The Morgan fingerprint density at radius 1 is 1.31 bits per heavy atom. The largest absolute Gasteiger partial charge is 0.329 e. The van der Waals surface area contributed by atoms with Crippen LogP contribution in [0.4, 0.5) is 0 Å². The smallest absolute Gasteiger partial charge is 0.0250 e. The summed E-state index contributed by atoms with van der Waals surface area (Å²) in [6, 6.07) is 8.42. The molecule has 86 valence electrons. The van der Waals surface area contributed by atoms with Crippen LogP contribution in [0.2, 0.25) is 0 Å². The van der Waals surface area contributed by atoms with E-state index in [0.29, 0.717) is 0 Å². The quantitative estimate of drug-likeness (QED) is 0.922. The zero-order valence-electron chi connectivity index (χ0n) is 9.32. The number of halogens is 1. The van der Waals surface area contributed by atoms with Gasteiger partial charge in [-0.05, 0) is 23.6 Å². The summed E-state index contributed by atoms with van der Waals surface area (Å²) in [5.74, 6) is 0. The fourth-order valence-corrected chi connectivity index (χ4v) is 2.60. The molecule has 1 aromatic rings. The number of nitrogens with two attached hydrogens (primary N) is 1. The lowest BCUT2D eigenvalue weighted by Gasteiger charge is -2.26. The Balaban J connectivity index is 2.10. The molecule has 0 radical (unpaired) electrons. The molecule has 1 aromatic carbocycles. The number of nitrogens with zero attached hydrogens (tertiary/aromatic N) is 1. The van der Waals surface area contributed by atoms with Crippen molar-refractivity contribution < 1.29 is 0 Å². The lowest BCUT2D eigenvalue weighted by molar-refractivity contribution is 0.310. The van der Waals surface area contributed by atoms with E-state index in [9.17, 15) is 0 Å². The first-order chi connectivity index (χ1) is 7.81. The van der Waals surface area contributed by atoms with E-state index in [1.807, 2.05) is 0 Å². The minimum absolute atomic E-state index is 0.748. The summed E-state index contributed by atoms with van der Waals surface area (Å²) in [5, 5.41) is 0. The van der Waals surface area contributed by atoms with Crippen molar-refractivity contribution in [2.75, 3.05) is 26.2 Å². The summed E-state index contributed by atoms with van der Waals surface area (Å²) in [5.41, 5.74) is 8.33. The third-order valence-electron chi connectivity index (χ3n) is 2.96.